The number of fused-ring (bicyclic) bond motifs is 2. The topological polar surface area (TPSA) is 87.9 Å². The first-order chi connectivity index (χ1) is 11.1. The highest BCUT2D eigenvalue weighted by Gasteiger charge is 2.19. The van der Waals surface area contributed by atoms with Crippen LogP contribution in [0.2, 0.25) is 0 Å². The van der Waals surface area contributed by atoms with Gasteiger partial charge in [0.2, 0.25) is 5.52 Å². The smallest absolute Gasteiger partial charge is 0.274 e. The van der Waals surface area contributed by atoms with Gasteiger partial charge < -0.3 is 5.21 Å². The van der Waals surface area contributed by atoms with Gasteiger partial charge in [0.15, 0.2) is 0 Å². The Morgan fingerprint density at radius 1 is 1.00 bits per heavy atom. The first kappa shape index (κ1) is 13.2. The molecule has 0 spiro atoms. The molecule has 0 aliphatic rings. The van der Waals surface area contributed by atoms with Crippen molar-refractivity contribution in [3.05, 3.63) is 76.0 Å². The van der Waals surface area contributed by atoms with Gasteiger partial charge in [0.25, 0.3) is 11.2 Å². The van der Waals surface area contributed by atoms with Gasteiger partial charge in [0.1, 0.15) is 5.69 Å². The van der Waals surface area contributed by atoms with Crippen molar-refractivity contribution in [1.29, 1.82) is 0 Å². The van der Waals surface area contributed by atoms with Gasteiger partial charge in [0, 0.05) is 12.1 Å². The van der Waals surface area contributed by atoms with E-state index in [2.05, 4.69) is 5.10 Å². The van der Waals surface area contributed by atoms with Gasteiger partial charge in [-0.1, -0.05) is 30.3 Å². The number of benzene rings is 3. The van der Waals surface area contributed by atoms with Crippen molar-refractivity contribution in [3.63, 3.8) is 0 Å². The second kappa shape index (κ2) is 4.77. The molecule has 1 heterocycles. The molecule has 4 rings (SSSR count). The molecule has 4 aromatic rings. The van der Waals surface area contributed by atoms with E-state index in [1.807, 2.05) is 36.4 Å². The summed E-state index contributed by atoms with van der Waals surface area (Å²) >= 11 is 0. The summed E-state index contributed by atoms with van der Waals surface area (Å²) in [5, 5.41) is 29.6. The molecule has 0 atom stereocenters. The monoisotopic (exact) mass is 306 g/mol. The third-order valence-corrected chi connectivity index (χ3v) is 3.71. The maximum atomic E-state index is 12.4. The third kappa shape index (κ3) is 2.06. The van der Waals surface area contributed by atoms with E-state index in [4.69, 9.17) is 0 Å². The standard InChI is InChI=1S/C16H10N4O3/c21-19-16-10-14(20(22)23)7-8-15(16)17-18(19)13-6-5-11-3-1-2-4-12(11)9-13/h1-10H. The Morgan fingerprint density at radius 2 is 1.78 bits per heavy atom. The van der Waals surface area contributed by atoms with Crippen molar-refractivity contribution in [2.24, 2.45) is 0 Å². The Labute approximate surface area is 129 Å². The lowest BCUT2D eigenvalue weighted by atomic mass is 10.1. The van der Waals surface area contributed by atoms with Crippen molar-refractivity contribution in [1.82, 2.24) is 9.90 Å². The van der Waals surface area contributed by atoms with Gasteiger partial charge >= 0.3 is 0 Å². The fourth-order valence-corrected chi connectivity index (χ4v) is 2.57. The molecular weight excluding hydrogens is 296 g/mol. The minimum atomic E-state index is -0.535. The van der Waals surface area contributed by atoms with Crippen molar-refractivity contribution >= 4 is 27.5 Å². The van der Waals surface area contributed by atoms with Crippen molar-refractivity contribution in [2.45, 2.75) is 0 Å². The number of nitro groups is 1. The lowest BCUT2D eigenvalue weighted by Gasteiger charge is -2.05. The third-order valence-electron chi connectivity index (χ3n) is 3.71. The Balaban J connectivity index is 1.93. The predicted octanol–water partition coefficient (Wildman–Crippen LogP) is 2.72. The van der Waals surface area contributed by atoms with Crippen LogP contribution >= 0.6 is 0 Å². The van der Waals surface area contributed by atoms with Crippen molar-refractivity contribution < 1.29 is 9.77 Å². The maximum absolute atomic E-state index is 12.4. The van der Waals surface area contributed by atoms with Crippen LogP contribution in [0, 0.1) is 15.3 Å². The average molecular weight is 306 g/mol. The van der Waals surface area contributed by atoms with E-state index in [0.717, 1.165) is 10.8 Å². The number of aromatic nitrogens is 3. The van der Waals surface area contributed by atoms with E-state index in [-0.39, 0.29) is 11.2 Å². The van der Waals surface area contributed by atoms with Crippen LogP contribution in [0.4, 0.5) is 5.69 Å². The molecule has 0 unspecified atom stereocenters. The lowest BCUT2D eigenvalue weighted by molar-refractivity contribution is -0.664. The van der Waals surface area contributed by atoms with Gasteiger partial charge in [-0.2, -0.15) is 0 Å². The van der Waals surface area contributed by atoms with Gasteiger partial charge in [-0.15, -0.1) is 4.85 Å². The quantitative estimate of drug-likeness (QED) is 0.246. The molecule has 0 radical (unpaired) electrons. The summed E-state index contributed by atoms with van der Waals surface area (Å²) in [6, 6.07) is 17.4. The molecule has 1 aromatic heterocycles. The zero-order chi connectivity index (χ0) is 16.0. The average Bonchev–Trinajstić information content (AvgIpc) is 2.91. The van der Waals surface area contributed by atoms with E-state index < -0.39 is 4.92 Å². The Bertz CT molecular complexity index is 1070. The summed E-state index contributed by atoms with van der Waals surface area (Å²) in [5.74, 6) is 0. The second-order valence-electron chi connectivity index (χ2n) is 5.12. The van der Waals surface area contributed by atoms with E-state index in [9.17, 15) is 15.3 Å². The maximum Gasteiger partial charge on any atom is 0.274 e. The molecule has 0 amide bonds. The van der Waals surface area contributed by atoms with Crippen LogP contribution in [-0.2, 0) is 0 Å². The largest absolute Gasteiger partial charge is 0.692 e. The molecule has 112 valence electrons. The molecule has 0 saturated carbocycles. The zero-order valence-corrected chi connectivity index (χ0v) is 11.8. The van der Waals surface area contributed by atoms with Gasteiger partial charge in [0.05, 0.1) is 16.1 Å². The molecule has 3 aromatic carbocycles. The predicted molar refractivity (Wildman–Crippen MR) is 84.2 cm³/mol. The highest BCUT2D eigenvalue weighted by molar-refractivity contribution is 5.84. The fourth-order valence-electron chi connectivity index (χ4n) is 2.57. The van der Waals surface area contributed by atoms with Crippen LogP contribution < -0.4 is 4.85 Å². The van der Waals surface area contributed by atoms with Gasteiger partial charge in [-0.05, 0) is 27.7 Å². The summed E-state index contributed by atoms with van der Waals surface area (Å²) in [4.78, 5) is 12.1. The Kier molecular flexibility index (Phi) is 2.74. The van der Waals surface area contributed by atoms with E-state index in [1.165, 1.54) is 23.0 Å². The minimum absolute atomic E-state index is 0.139. The summed E-state index contributed by atoms with van der Waals surface area (Å²) in [7, 11) is 0. The van der Waals surface area contributed by atoms with Crippen molar-refractivity contribution in [2.75, 3.05) is 0 Å². The highest BCUT2D eigenvalue weighted by atomic mass is 16.6. The number of hydrogen-bond acceptors (Lipinski definition) is 4. The molecule has 0 N–H and O–H groups in total. The number of rotatable bonds is 2. The lowest BCUT2D eigenvalue weighted by Crippen LogP contribution is -2.37. The molecule has 7 nitrogen and oxygen atoms in total. The van der Waals surface area contributed by atoms with E-state index in [0.29, 0.717) is 16.0 Å². The van der Waals surface area contributed by atoms with Crippen LogP contribution in [0.25, 0.3) is 27.5 Å². The number of nitro benzene ring substituents is 1. The summed E-state index contributed by atoms with van der Waals surface area (Å²) in [5.41, 5.74) is 1.02. The van der Waals surface area contributed by atoms with E-state index in [1.54, 1.807) is 6.07 Å². The first-order valence-electron chi connectivity index (χ1n) is 6.90. The van der Waals surface area contributed by atoms with E-state index >= 15 is 0 Å². The molecule has 0 fully saturated rings. The summed E-state index contributed by atoms with van der Waals surface area (Å²) in [6.45, 7) is 0. The molecule has 0 bridgehead atoms. The first-order valence-corrected chi connectivity index (χ1v) is 6.90. The number of hydrogen-bond donors (Lipinski definition) is 0. The van der Waals surface area contributed by atoms with Crippen LogP contribution in [0.5, 0.6) is 0 Å². The zero-order valence-electron chi connectivity index (χ0n) is 11.8. The molecule has 23 heavy (non-hydrogen) atoms. The highest BCUT2D eigenvalue weighted by Crippen LogP contribution is 2.20. The van der Waals surface area contributed by atoms with Crippen molar-refractivity contribution in [3.8, 4) is 5.69 Å². The van der Waals surface area contributed by atoms with Gasteiger partial charge in [-0.3, -0.25) is 10.1 Å². The molecule has 0 aliphatic heterocycles. The Morgan fingerprint density at radius 3 is 2.57 bits per heavy atom. The molecular formula is C16H10N4O3. The summed E-state index contributed by atoms with van der Waals surface area (Å²) in [6.07, 6.45) is 0. The summed E-state index contributed by atoms with van der Waals surface area (Å²) < 4.78 is 0. The SMILES string of the molecule is O=[N+]([O-])c1ccc2nn(-c3ccc4ccccc4c3)[n+]([O-])c2c1. The molecule has 0 saturated heterocycles. The van der Waals surface area contributed by atoms with Crippen LogP contribution in [0.15, 0.2) is 60.7 Å². The fraction of sp³-hybridized carbons (Fsp3) is 0. The normalized spacial score (nSPS) is 11.1. The molecule has 0 aliphatic carbocycles. The Hall–Kier alpha value is -3.48. The van der Waals surface area contributed by atoms with Gasteiger partial charge in [-0.25, -0.2) is 0 Å². The second-order valence-corrected chi connectivity index (χ2v) is 5.12. The minimum Gasteiger partial charge on any atom is -0.692 e. The molecule has 7 heteroatoms. The number of nitrogens with zero attached hydrogens (tertiary/aromatic N) is 4. The van der Waals surface area contributed by atoms with Crippen LogP contribution in [0.1, 0.15) is 0 Å². The van der Waals surface area contributed by atoms with Crippen LogP contribution in [-0.4, -0.2) is 14.8 Å². The van der Waals surface area contributed by atoms with Crippen LogP contribution in [0.3, 0.4) is 0 Å². The number of non-ortho nitro benzene ring substituents is 1.